The first kappa shape index (κ1) is 12.7. The Bertz CT molecular complexity index is 484. The Morgan fingerprint density at radius 2 is 2.39 bits per heavy atom. The van der Waals surface area contributed by atoms with Gasteiger partial charge in [0.05, 0.1) is 0 Å². The molecule has 0 radical (unpaired) electrons. The third-order valence-corrected chi connectivity index (χ3v) is 3.02. The highest BCUT2D eigenvalue weighted by atomic mass is 32.1. The SMILES string of the molecule is CCCCN1C(=O)C(=Cc2cccnc2)NC1=S. The van der Waals surface area contributed by atoms with Crippen LogP contribution in [0.25, 0.3) is 6.08 Å². The van der Waals surface area contributed by atoms with Gasteiger partial charge in [0.25, 0.3) is 5.91 Å². The monoisotopic (exact) mass is 261 g/mol. The molecule has 0 bridgehead atoms. The summed E-state index contributed by atoms with van der Waals surface area (Å²) < 4.78 is 0. The highest BCUT2D eigenvalue weighted by Crippen LogP contribution is 2.14. The number of nitrogens with one attached hydrogen (secondary N) is 1. The number of thiocarbonyl (C=S) groups is 1. The van der Waals surface area contributed by atoms with Crippen LogP contribution in [0.15, 0.2) is 30.2 Å². The molecule has 2 heterocycles. The van der Waals surface area contributed by atoms with Crippen molar-refractivity contribution in [1.82, 2.24) is 15.2 Å². The number of carbonyl (C=O) groups is 1. The van der Waals surface area contributed by atoms with Crippen LogP contribution in [0.5, 0.6) is 0 Å². The normalized spacial score (nSPS) is 17.4. The van der Waals surface area contributed by atoms with E-state index in [0.29, 0.717) is 17.4 Å². The first-order valence-corrected chi connectivity index (χ1v) is 6.37. The number of nitrogens with zero attached hydrogens (tertiary/aromatic N) is 2. The van der Waals surface area contributed by atoms with Crippen LogP contribution in [0.1, 0.15) is 25.3 Å². The largest absolute Gasteiger partial charge is 0.328 e. The molecule has 1 saturated heterocycles. The zero-order chi connectivity index (χ0) is 13.0. The van der Waals surface area contributed by atoms with Gasteiger partial charge in [0.15, 0.2) is 5.11 Å². The van der Waals surface area contributed by atoms with Crippen LogP contribution >= 0.6 is 12.2 Å². The number of rotatable bonds is 4. The minimum absolute atomic E-state index is 0.0581. The van der Waals surface area contributed by atoms with Gasteiger partial charge >= 0.3 is 0 Å². The van der Waals surface area contributed by atoms with Gasteiger partial charge in [-0.2, -0.15) is 0 Å². The molecule has 1 amide bonds. The Labute approximate surface area is 112 Å². The molecule has 0 aliphatic carbocycles. The van der Waals surface area contributed by atoms with Crippen molar-refractivity contribution in [1.29, 1.82) is 0 Å². The van der Waals surface area contributed by atoms with Gasteiger partial charge in [-0.1, -0.05) is 19.4 Å². The molecule has 2 rings (SSSR count). The molecule has 0 spiro atoms. The van der Waals surface area contributed by atoms with E-state index in [-0.39, 0.29) is 5.91 Å². The second kappa shape index (κ2) is 5.73. The Morgan fingerprint density at radius 1 is 1.56 bits per heavy atom. The highest BCUT2D eigenvalue weighted by molar-refractivity contribution is 7.80. The quantitative estimate of drug-likeness (QED) is 0.664. The summed E-state index contributed by atoms with van der Waals surface area (Å²) in [5.41, 5.74) is 1.40. The molecule has 18 heavy (non-hydrogen) atoms. The summed E-state index contributed by atoms with van der Waals surface area (Å²) in [5.74, 6) is -0.0581. The van der Waals surface area contributed by atoms with Gasteiger partial charge in [0.1, 0.15) is 5.70 Å². The van der Waals surface area contributed by atoms with Crippen molar-refractivity contribution < 1.29 is 4.79 Å². The maximum absolute atomic E-state index is 12.1. The lowest BCUT2D eigenvalue weighted by molar-refractivity contribution is -0.122. The molecule has 1 aromatic heterocycles. The Morgan fingerprint density at radius 3 is 3.06 bits per heavy atom. The number of hydrogen-bond acceptors (Lipinski definition) is 3. The summed E-state index contributed by atoms with van der Waals surface area (Å²) in [6, 6.07) is 3.73. The van der Waals surface area contributed by atoms with E-state index in [1.807, 2.05) is 12.1 Å². The molecular formula is C13H15N3OS. The third kappa shape index (κ3) is 2.73. The summed E-state index contributed by atoms with van der Waals surface area (Å²) in [5, 5.41) is 3.44. The predicted octanol–water partition coefficient (Wildman–Crippen LogP) is 1.94. The van der Waals surface area contributed by atoms with Crippen LogP contribution in [0.2, 0.25) is 0 Å². The molecule has 0 unspecified atom stereocenters. The van der Waals surface area contributed by atoms with Crippen LogP contribution in [-0.4, -0.2) is 27.4 Å². The first-order valence-electron chi connectivity index (χ1n) is 5.97. The van der Waals surface area contributed by atoms with E-state index in [2.05, 4.69) is 17.2 Å². The summed E-state index contributed by atoms with van der Waals surface area (Å²) in [6.45, 7) is 2.76. The van der Waals surface area contributed by atoms with Crippen molar-refractivity contribution >= 4 is 29.3 Å². The van der Waals surface area contributed by atoms with E-state index in [1.54, 1.807) is 23.4 Å². The number of hydrogen-bond donors (Lipinski definition) is 1. The van der Waals surface area contributed by atoms with E-state index >= 15 is 0 Å². The topological polar surface area (TPSA) is 45.2 Å². The van der Waals surface area contributed by atoms with Crippen molar-refractivity contribution in [3.05, 3.63) is 35.8 Å². The lowest BCUT2D eigenvalue weighted by atomic mass is 10.2. The number of pyridine rings is 1. The molecular weight excluding hydrogens is 246 g/mol. The van der Waals surface area contributed by atoms with E-state index in [1.165, 1.54) is 0 Å². The zero-order valence-electron chi connectivity index (χ0n) is 10.2. The van der Waals surface area contributed by atoms with Crippen LogP contribution in [0, 0.1) is 0 Å². The first-order chi connectivity index (χ1) is 8.72. The Balaban J connectivity index is 2.15. The fourth-order valence-electron chi connectivity index (χ4n) is 1.72. The van der Waals surface area contributed by atoms with E-state index in [4.69, 9.17) is 12.2 Å². The van der Waals surface area contributed by atoms with Crippen LogP contribution < -0.4 is 5.32 Å². The minimum atomic E-state index is -0.0581. The number of unbranched alkanes of at least 4 members (excludes halogenated alkanes) is 1. The Kier molecular flexibility index (Phi) is 4.04. The van der Waals surface area contributed by atoms with Crippen LogP contribution in [0.3, 0.4) is 0 Å². The van der Waals surface area contributed by atoms with Gasteiger partial charge < -0.3 is 5.32 Å². The van der Waals surface area contributed by atoms with Gasteiger partial charge in [-0.3, -0.25) is 14.7 Å². The predicted molar refractivity (Wildman–Crippen MR) is 74.6 cm³/mol. The molecule has 0 atom stereocenters. The average Bonchev–Trinajstić information content (AvgIpc) is 2.64. The summed E-state index contributed by atoms with van der Waals surface area (Å²) in [7, 11) is 0. The van der Waals surface area contributed by atoms with Crippen molar-refractivity contribution in [3.63, 3.8) is 0 Å². The second-order valence-electron chi connectivity index (χ2n) is 4.08. The van der Waals surface area contributed by atoms with Gasteiger partial charge in [0.2, 0.25) is 0 Å². The molecule has 0 aromatic carbocycles. The maximum atomic E-state index is 12.1. The van der Waals surface area contributed by atoms with E-state index in [0.717, 1.165) is 18.4 Å². The smallest absolute Gasteiger partial charge is 0.276 e. The second-order valence-corrected chi connectivity index (χ2v) is 4.47. The molecule has 1 N–H and O–H groups in total. The van der Waals surface area contributed by atoms with Crippen LogP contribution in [-0.2, 0) is 4.79 Å². The number of aromatic nitrogens is 1. The lowest BCUT2D eigenvalue weighted by Gasteiger charge is -2.12. The number of carbonyl (C=O) groups excluding carboxylic acids is 1. The maximum Gasteiger partial charge on any atom is 0.276 e. The molecule has 1 aliphatic rings. The van der Waals surface area contributed by atoms with Crippen molar-refractivity contribution in [2.45, 2.75) is 19.8 Å². The molecule has 0 saturated carbocycles. The van der Waals surface area contributed by atoms with Crippen molar-refractivity contribution in [2.75, 3.05) is 6.54 Å². The van der Waals surface area contributed by atoms with E-state index < -0.39 is 0 Å². The number of amides is 1. The van der Waals surface area contributed by atoms with Gasteiger partial charge in [-0.25, -0.2) is 0 Å². The fraction of sp³-hybridized carbons (Fsp3) is 0.308. The average molecular weight is 261 g/mol. The van der Waals surface area contributed by atoms with Gasteiger partial charge in [-0.05, 0) is 36.3 Å². The zero-order valence-corrected chi connectivity index (χ0v) is 11.0. The van der Waals surface area contributed by atoms with Gasteiger partial charge in [-0.15, -0.1) is 0 Å². The molecule has 1 fully saturated rings. The minimum Gasteiger partial charge on any atom is -0.328 e. The van der Waals surface area contributed by atoms with Crippen LogP contribution in [0.4, 0.5) is 0 Å². The van der Waals surface area contributed by atoms with Crippen molar-refractivity contribution in [2.24, 2.45) is 0 Å². The van der Waals surface area contributed by atoms with E-state index in [9.17, 15) is 4.79 Å². The Hall–Kier alpha value is -1.75. The molecule has 4 nitrogen and oxygen atoms in total. The summed E-state index contributed by atoms with van der Waals surface area (Å²) in [4.78, 5) is 17.7. The summed E-state index contributed by atoms with van der Waals surface area (Å²) >= 11 is 5.16. The third-order valence-electron chi connectivity index (χ3n) is 2.69. The standard InChI is InChI=1S/C13H15N3OS/c1-2-3-7-16-12(17)11(15-13(16)18)8-10-5-4-6-14-9-10/h4-6,8-9H,2-3,7H2,1H3,(H,15,18). The molecule has 1 aliphatic heterocycles. The fourth-order valence-corrected chi connectivity index (χ4v) is 2.00. The molecule has 94 valence electrons. The summed E-state index contributed by atoms with van der Waals surface area (Å²) in [6.07, 6.45) is 7.17. The van der Waals surface area contributed by atoms with Gasteiger partial charge in [0, 0.05) is 18.9 Å². The lowest BCUT2D eigenvalue weighted by Crippen LogP contribution is -2.31. The van der Waals surface area contributed by atoms with Crippen molar-refractivity contribution in [3.8, 4) is 0 Å². The highest BCUT2D eigenvalue weighted by Gasteiger charge is 2.29. The molecule has 5 heteroatoms. The molecule has 1 aromatic rings.